The van der Waals surface area contributed by atoms with Crippen LogP contribution in [0, 0.1) is 13.8 Å². The van der Waals surface area contributed by atoms with E-state index in [1.807, 2.05) is 17.9 Å². The van der Waals surface area contributed by atoms with E-state index in [-0.39, 0.29) is 5.41 Å². The minimum Gasteiger partial charge on any atom is -0.294 e. The lowest BCUT2D eigenvalue weighted by Gasteiger charge is -2.29. The van der Waals surface area contributed by atoms with E-state index in [2.05, 4.69) is 49.6 Å². The van der Waals surface area contributed by atoms with Gasteiger partial charge in [0.05, 0.1) is 5.69 Å². The summed E-state index contributed by atoms with van der Waals surface area (Å²) in [6.45, 7) is 13.7. The smallest absolute Gasteiger partial charge is 0.133 e. The summed E-state index contributed by atoms with van der Waals surface area (Å²) in [4.78, 5) is 11.9. The van der Waals surface area contributed by atoms with E-state index >= 15 is 0 Å². The number of aryl methyl sites for hydroxylation is 2. The molecule has 5 nitrogen and oxygen atoms in total. The molecule has 0 aromatic carbocycles. The van der Waals surface area contributed by atoms with Crippen molar-refractivity contribution in [2.75, 3.05) is 6.54 Å². The van der Waals surface area contributed by atoms with Crippen LogP contribution in [0.3, 0.4) is 0 Å². The number of hydrogen-bond acceptors (Lipinski definition) is 4. The van der Waals surface area contributed by atoms with Crippen LogP contribution in [0.15, 0.2) is 6.20 Å². The average molecular weight is 313 g/mol. The highest BCUT2D eigenvalue weighted by Gasteiger charge is 2.23. The lowest BCUT2D eigenvalue weighted by Crippen LogP contribution is -2.32. The first-order valence-electron chi connectivity index (χ1n) is 8.32. The second-order valence-corrected chi connectivity index (χ2v) is 7.65. The molecule has 0 saturated heterocycles. The zero-order valence-corrected chi connectivity index (χ0v) is 15.1. The normalized spacial score (nSPS) is 15.7. The third-order valence-corrected chi connectivity index (χ3v) is 4.72. The minimum absolute atomic E-state index is 0.0100. The SMILES string of the molecule is Cc1nn(C)c(C)c1CN1CCc2nc(C(C)(C)C)ncc2C1. The van der Waals surface area contributed by atoms with Crippen molar-refractivity contribution in [3.8, 4) is 0 Å². The van der Waals surface area contributed by atoms with Gasteiger partial charge in [0.1, 0.15) is 5.82 Å². The molecule has 0 N–H and O–H groups in total. The van der Waals surface area contributed by atoms with Crippen LogP contribution in [0.1, 0.15) is 54.8 Å². The van der Waals surface area contributed by atoms with Gasteiger partial charge in [0, 0.05) is 67.2 Å². The van der Waals surface area contributed by atoms with Gasteiger partial charge in [0.15, 0.2) is 0 Å². The standard InChI is InChI=1S/C18H27N5/c1-12-15(13(2)22(6)21-12)11-23-8-7-16-14(10-23)9-19-17(20-16)18(3,4)5/h9H,7-8,10-11H2,1-6H3. The van der Waals surface area contributed by atoms with Gasteiger partial charge in [-0.15, -0.1) is 0 Å². The summed E-state index contributed by atoms with van der Waals surface area (Å²) in [5.74, 6) is 0.948. The Morgan fingerprint density at radius 1 is 1.22 bits per heavy atom. The van der Waals surface area contributed by atoms with Gasteiger partial charge < -0.3 is 0 Å². The molecule has 124 valence electrons. The Bertz CT molecular complexity index is 724. The molecule has 0 saturated carbocycles. The fourth-order valence-corrected chi connectivity index (χ4v) is 3.14. The molecule has 0 atom stereocenters. The fourth-order valence-electron chi connectivity index (χ4n) is 3.14. The largest absolute Gasteiger partial charge is 0.294 e. The fraction of sp³-hybridized carbons (Fsp3) is 0.611. The van der Waals surface area contributed by atoms with Crippen LogP contribution >= 0.6 is 0 Å². The molecule has 23 heavy (non-hydrogen) atoms. The molecule has 5 heteroatoms. The first-order chi connectivity index (χ1) is 10.8. The Labute approximate surface area is 138 Å². The molecule has 2 aromatic heterocycles. The Hall–Kier alpha value is -1.75. The molecule has 0 bridgehead atoms. The van der Waals surface area contributed by atoms with Crippen molar-refractivity contribution < 1.29 is 0 Å². The van der Waals surface area contributed by atoms with E-state index in [9.17, 15) is 0 Å². The minimum atomic E-state index is 0.0100. The van der Waals surface area contributed by atoms with E-state index in [4.69, 9.17) is 4.98 Å². The molecule has 0 amide bonds. The van der Waals surface area contributed by atoms with Crippen molar-refractivity contribution in [1.82, 2.24) is 24.6 Å². The highest BCUT2D eigenvalue weighted by atomic mass is 15.3. The Morgan fingerprint density at radius 2 is 1.96 bits per heavy atom. The van der Waals surface area contributed by atoms with Crippen molar-refractivity contribution in [2.45, 2.75) is 59.5 Å². The lowest BCUT2D eigenvalue weighted by molar-refractivity contribution is 0.241. The van der Waals surface area contributed by atoms with Crippen molar-refractivity contribution in [2.24, 2.45) is 7.05 Å². The molecular weight excluding hydrogens is 286 g/mol. The summed E-state index contributed by atoms with van der Waals surface area (Å²) in [7, 11) is 2.01. The van der Waals surface area contributed by atoms with Gasteiger partial charge in [0.2, 0.25) is 0 Å². The van der Waals surface area contributed by atoms with Crippen LogP contribution in [0.2, 0.25) is 0 Å². The van der Waals surface area contributed by atoms with Crippen LogP contribution in [0.4, 0.5) is 0 Å². The molecular formula is C18H27N5. The molecule has 3 heterocycles. The number of hydrogen-bond donors (Lipinski definition) is 0. The topological polar surface area (TPSA) is 46.8 Å². The predicted octanol–water partition coefficient (Wildman–Crippen LogP) is 2.68. The summed E-state index contributed by atoms with van der Waals surface area (Å²) in [5, 5.41) is 4.52. The van der Waals surface area contributed by atoms with Gasteiger partial charge >= 0.3 is 0 Å². The number of nitrogens with zero attached hydrogens (tertiary/aromatic N) is 5. The lowest BCUT2D eigenvalue weighted by atomic mass is 9.95. The second kappa shape index (κ2) is 5.71. The van der Waals surface area contributed by atoms with Gasteiger partial charge in [0.25, 0.3) is 0 Å². The maximum Gasteiger partial charge on any atom is 0.133 e. The molecule has 0 radical (unpaired) electrons. The van der Waals surface area contributed by atoms with Crippen LogP contribution in [-0.4, -0.2) is 31.2 Å². The number of fused-ring (bicyclic) bond motifs is 1. The van der Waals surface area contributed by atoms with Crippen molar-refractivity contribution in [3.63, 3.8) is 0 Å². The Balaban J connectivity index is 1.78. The Kier molecular flexibility index (Phi) is 4.00. The molecule has 0 spiro atoms. The maximum atomic E-state index is 4.81. The van der Waals surface area contributed by atoms with Crippen molar-refractivity contribution in [1.29, 1.82) is 0 Å². The highest BCUT2D eigenvalue weighted by molar-refractivity contribution is 5.26. The first-order valence-corrected chi connectivity index (χ1v) is 8.32. The average Bonchev–Trinajstić information content (AvgIpc) is 2.72. The Morgan fingerprint density at radius 3 is 2.57 bits per heavy atom. The van der Waals surface area contributed by atoms with Gasteiger partial charge in [-0.1, -0.05) is 20.8 Å². The first kappa shape index (κ1) is 16.1. The predicted molar refractivity (Wildman–Crippen MR) is 91.2 cm³/mol. The van der Waals surface area contributed by atoms with E-state index in [0.717, 1.165) is 37.6 Å². The van der Waals surface area contributed by atoms with Crippen LogP contribution < -0.4 is 0 Å². The zero-order valence-electron chi connectivity index (χ0n) is 15.1. The molecule has 1 aliphatic rings. The third-order valence-electron chi connectivity index (χ3n) is 4.72. The van der Waals surface area contributed by atoms with Crippen molar-refractivity contribution in [3.05, 3.63) is 40.2 Å². The molecule has 1 aliphatic heterocycles. The van der Waals surface area contributed by atoms with E-state index in [1.165, 1.54) is 22.5 Å². The van der Waals surface area contributed by atoms with Crippen LogP contribution in [0.5, 0.6) is 0 Å². The zero-order chi connectivity index (χ0) is 16.8. The second-order valence-electron chi connectivity index (χ2n) is 7.65. The molecule has 0 aliphatic carbocycles. The number of aromatic nitrogens is 4. The monoisotopic (exact) mass is 313 g/mol. The van der Waals surface area contributed by atoms with Crippen molar-refractivity contribution >= 4 is 0 Å². The number of rotatable bonds is 2. The van der Waals surface area contributed by atoms with E-state index in [0.29, 0.717) is 0 Å². The summed E-state index contributed by atoms with van der Waals surface area (Å²) in [5.41, 5.74) is 6.24. The molecule has 2 aromatic rings. The summed E-state index contributed by atoms with van der Waals surface area (Å²) < 4.78 is 1.97. The van der Waals surface area contributed by atoms with Gasteiger partial charge in [-0.05, 0) is 13.8 Å². The van der Waals surface area contributed by atoms with Gasteiger partial charge in [-0.25, -0.2) is 9.97 Å². The molecule has 0 fully saturated rings. The van der Waals surface area contributed by atoms with Gasteiger partial charge in [-0.3, -0.25) is 9.58 Å². The quantitative estimate of drug-likeness (QED) is 0.855. The molecule has 0 unspecified atom stereocenters. The van der Waals surface area contributed by atoms with Crippen LogP contribution in [-0.2, 0) is 32.0 Å². The third kappa shape index (κ3) is 3.15. The highest BCUT2D eigenvalue weighted by Crippen LogP contribution is 2.24. The van der Waals surface area contributed by atoms with E-state index in [1.54, 1.807) is 0 Å². The maximum absolute atomic E-state index is 4.81. The van der Waals surface area contributed by atoms with E-state index < -0.39 is 0 Å². The van der Waals surface area contributed by atoms with Crippen LogP contribution in [0.25, 0.3) is 0 Å². The van der Waals surface area contributed by atoms with Gasteiger partial charge in [-0.2, -0.15) is 5.10 Å². The molecule has 3 rings (SSSR count). The summed E-state index contributed by atoms with van der Waals surface area (Å²) >= 11 is 0. The summed E-state index contributed by atoms with van der Waals surface area (Å²) in [6, 6.07) is 0. The summed E-state index contributed by atoms with van der Waals surface area (Å²) in [6.07, 6.45) is 3.03.